The number of hydrogen-bond acceptors (Lipinski definition) is 3. The van der Waals surface area contributed by atoms with E-state index in [0.29, 0.717) is 12.5 Å². The molecule has 19 heavy (non-hydrogen) atoms. The maximum absolute atomic E-state index is 11.7. The van der Waals surface area contributed by atoms with Gasteiger partial charge in [0.1, 0.15) is 6.33 Å². The molecule has 0 amide bonds. The first-order valence-electron chi connectivity index (χ1n) is 6.43. The van der Waals surface area contributed by atoms with Crippen molar-refractivity contribution in [1.29, 1.82) is 0 Å². The molecule has 1 atom stereocenters. The Balaban J connectivity index is 2.13. The van der Waals surface area contributed by atoms with Gasteiger partial charge in [-0.25, -0.2) is 9.48 Å². The average molecular weight is 260 g/mol. The topological polar surface area (TPSA) is 65.8 Å². The van der Waals surface area contributed by atoms with Crippen LogP contribution in [0.3, 0.4) is 0 Å². The molecule has 2 N–H and O–H groups in total. The smallest absolute Gasteiger partial charge is 0.322 e. The molecule has 0 spiro atoms. The van der Waals surface area contributed by atoms with E-state index in [2.05, 4.69) is 31.1 Å². The van der Waals surface area contributed by atoms with Gasteiger partial charge in [-0.2, -0.15) is 5.10 Å². The third-order valence-corrected chi connectivity index (χ3v) is 3.29. The Labute approximate surface area is 112 Å². The molecule has 0 aliphatic carbocycles. The summed E-state index contributed by atoms with van der Waals surface area (Å²) in [6.45, 7) is 4.70. The lowest BCUT2D eigenvalue weighted by Crippen LogP contribution is -2.28. The van der Waals surface area contributed by atoms with E-state index >= 15 is 0 Å². The summed E-state index contributed by atoms with van der Waals surface area (Å²) in [4.78, 5) is 11.7. The SMILES string of the molecule is CC(C)c1ccc(C(N)Cn2ncn(C)c2=O)cc1. The summed E-state index contributed by atoms with van der Waals surface area (Å²) in [5, 5.41) is 4.01. The van der Waals surface area contributed by atoms with E-state index in [0.717, 1.165) is 5.56 Å². The molecule has 1 aromatic carbocycles. The minimum atomic E-state index is -0.228. The van der Waals surface area contributed by atoms with E-state index in [4.69, 9.17) is 5.73 Å². The van der Waals surface area contributed by atoms with Crippen molar-refractivity contribution in [2.75, 3.05) is 0 Å². The van der Waals surface area contributed by atoms with Gasteiger partial charge in [-0.1, -0.05) is 38.1 Å². The zero-order valence-corrected chi connectivity index (χ0v) is 11.6. The van der Waals surface area contributed by atoms with Gasteiger partial charge in [0.2, 0.25) is 0 Å². The number of benzene rings is 1. The van der Waals surface area contributed by atoms with Gasteiger partial charge in [-0.15, -0.1) is 0 Å². The number of rotatable bonds is 4. The van der Waals surface area contributed by atoms with Crippen LogP contribution in [0.25, 0.3) is 0 Å². The van der Waals surface area contributed by atoms with E-state index in [1.165, 1.54) is 21.1 Å². The molecule has 0 saturated heterocycles. The van der Waals surface area contributed by atoms with Crippen LogP contribution in [-0.2, 0) is 13.6 Å². The summed E-state index contributed by atoms with van der Waals surface area (Å²) >= 11 is 0. The molecule has 0 aliphatic heterocycles. The molecule has 0 fully saturated rings. The molecule has 102 valence electrons. The van der Waals surface area contributed by atoms with E-state index in [9.17, 15) is 4.79 Å². The number of aromatic nitrogens is 3. The first-order chi connectivity index (χ1) is 8.99. The van der Waals surface area contributed by atoms with Gasteiger partial charge < -0.3 is 5.73 Å². The second kappa shape index (κ2) is 5.40. The Morgan fingerprint density at radius 3 is 2.26 bits per heavy atom. The third-order valence-electron chi connectivity index (χ3n) is 3.29. The Morgan fingerprint density at radius 1 is 1.21 bits per heavy atom. The van der Waals surface area contributed by atoms with E-state index in [1.54, 1.807) is 7.05 Å². The third kappa shape index (κ3) is 2.93. The van der Waals surface area contributed by atoms with Gasteiger partial charge in [-0.05, 0) is 17.0 Å². The summed E-state index contributed by atoms with van der Waals surface area (Å²) in [5.74, 6) is 0.503. The van der Waals surface area contributed by atoms with Crippen molar-refractivity contribution >= 4 is 0 Å². The zero-order chi connectivity index (χ0) is 14.0. The Bertz CT molecular complexity index is 595. The van der Waals surface area contributed by atoms with Crippen molar-refractivity contribution in [2.24, 2.45) is 12.8 Å². The molecule has 1 heterocycles. The van der Waals surface area contributed by atoms with Crippen molar-refractivity contribution in [3.05, 3.63) is 52.2 Å². The Morgan fingerprint density at radius 2 is 1.79 bits per heavy atom. The second-order valence-corrected chi connectivity index (χ2v) is 5.13. The molecule has 5 nitrogen and oxygen atoms in total. The quantitative estimate of drug-likeness (QED) is 0.903. The van der Waals surface area contributed by atoms with Crippen LogP contribution in [0.4, 0.5) is 0 Å². The van der Waals surface area contributed by atoms with Crippen molar-refractivity contribution in [2.45, 2.75) is 32.4 Å². The number of nitrogens with zero attached hydrogens (tertiary/aromatic N) is 3. The first-order valence-corrected chi connectivity index (χ1v) is 6.43. The second-order valence-electron chi connectivity index (χ2n) is 5.13. The molecule has 0 aliphatic rings. The highest BCUT2D eigenvalue weighted by Gasteiger charge is 2.10. The van der Waals surface area contributed by atoms with E-state index in [-0.39, 0.29) is 11.7 Å². The van der Waals surface area contributed by atoms with Gasteiger partial charge in [0, 0.05) is 13.1 Å². The van der Waals surface area contributed by atoms with Gasteiger partial charge in [0.05, 0.1) is 6.54 Å². The summed E-state index contributed by atoms with van der Waals surface area (Å²) in [7, 11) is 1.68. The predicted molar refractivity (Wildman–Crippen MR) is 74.9 cm³/mol. The van der Waals surface area contributed by atoms with Crippen LogP contribution in [0.1, 0.15) is 36.9 Å². The van der Waals surface area contributed by atoms with Crippen molar-refractivity contribution < 1.29 is 0 Å². The molecule has 0 saturated carbocycles. The standard InChI is InChI=1S/C14H20N4O/c1-10(2)11-4-6-12(7-5-11)13(15)8-18-14(19)17(3)9-16-18/h4-7,9-10,13H,8,15H2,1-3H3. The van der Waals surface area contributed by atoms with Crippen LogP contribution < -0.4 is 11.4 Å². The number of hydrogen-bond donors (Lipinski definition) is 1. The summed E-state index contributed by atoms with van der Waals surface area (Å²) < 4.78 is 2.83. The lowest BCUT2D eigenvalue weighted by molar-refractivity contribution is 0.508. The van der Waals surface area contributed by atoms with E-state index < -0.39 is 0 Å². The van der Waals surface area contributed by atoms with Crippen molar-refractivity contribution in [3.8, 4) is 0 Å². The fourth-order valence-corrected chi connectivity index (χ4v) is 1.97. The van der Waals surface area contributed by atoms with Crippen LogP contribution in [0.2, 0.25) is 0 Å². The fourth-order valence-electron chi connectivity index (χ4n) is 1.97. The van der Waals surface area contributed by atoms with Gasteiger partial charge in [0.15, 0.2) is 0 Å². The highest BCUT2D eigenvalue weighted by Crippen LogP contribution is 2.18. The molecule has 0 radical (unpaired) electrons. The van der Waals surface area contributed by atoms with Crippen LogP contribution in [0, 0.1) is 0 Å². The van der Waals surface area contributed by atoms with Crippen molar-refractivity contribution in [1.82, 2.24) is 14.3 Å². The Hall–Kier alpha value is -1.88. The fraction of sp³-hybridized carbons (Fsp3) is 0.429. The van der Waals surface area contributed by atoms with Gasteiger partial charge >= 0.3 is 5.69 Å². The van der Waals surface area contributed by atoms with Crippen LogP contribution in [0.15, 0.2) is 35.4 Å². The van der Waals surface area contributed by atoms with Gasteiger partial charge in [0.25, 0.3) is 0 Å². The molecular weight excluding hydrogens is 240 g/mol. The number of aryl methyl sites for hydroxylation is 1. The summed E-state index contributed by atoms with van der Waals surface area (Å²) in [6.07, 6.45) is 1.50. The normalized spacial score (nSPS) is 12.9. The molecule has 2 aromatic rings. The first kappa shape index (κ1) is 13.5. The average Bonchev–Trinajstić information content (AvgIpc) is 2.71. The number of nitrogens with two attached hydrogens (primary N) is 1. The van der Waals surface area contributed by atoms with E-state index in [1.807, 2.05) is 12.1 Å². The van der Waals surface area contributed by atoms with Gasteiger partial charge in [-0.3, -0.25) is 4.57 Å². The van der Waals surface area contributed by atoms with Crippen molar-refractivity contribution in [3.63, 3.8) is 0 Å². The van der Waals surface area contributed by atoms with Crippen LogP contribution >= 0.6 is 0 Å². The Kier molecular flexibility index (Phi) is 3.85. The minimum absolute atomic E-state index is 0.144. The molecule has 5 heteroatoms. The monoisotopic (exact) mass is 260 g/mol. The summed E-state index contributed by atoms with van der Waals surface area (Å²) in [5.41, 5.74) is 8.28. The zero-order valence-electron chi connectivity index (χ0n) is 11.6. The largest absolute Gasteiger partial charge is 0.345 e. The maximum Gasteiger partial charge on any atom is 0.345 e. The molecule has 0 bridgehead atoms. The lowest BCUT2D eigenvalue weighted by atomic mass is 9.99. The highest BCUT2D eigenvalue weighted by atomic mass is 16.2. The molecule has 1 aromatic heterocycles. The van der Waals surface area contributed by atoms with Crippen LogP contribution in [-0.4, -0.2) is 14.3 Å². The minimum Gasteiger partial charge on any atom is -0.322 e. The predicted octanol–water partition coefficient (Wildman–Crippen LogP) is 1.41. The maximum atomic E-state index is 11.7. The lowest BCUT2D eigenvalue weighted by Gasteiger charge is -2.13. The highest BCUT2D eigenvalue weighted by molar-refractivity contribution is 5.26. The molecular formula is C14H20N4O. The molecule has 1 unspecified atom stereocenters. The summed E-state index contributed by atoms with van der Waals surface area (Å²) in [6, 6.07) is 7.98. The molecule has 2 rings (SSSR count). The van der Waals surface area contributed by atoms with Crippen LogP contribution in [0.5, 0.6) is 0 Å².